The normalized spacial score (nSPS) is 14.3. The Labute approximate surface area is 152 Å². The minimum absolute atomic E-state index is 0.194. The van der Waals surface area contributed by atoms with Crippen LogP contribution in [0.2, 0.25) is 0 Å². The van der Waals surface area contributed by atoms with Crippen molar-refractivity contribution in [2.45, 2.75) is 24.9 Å². The van der Waals surface area contributed by atoms with E-state index in [2.05, 4.69) is 5.32 Å². The number of amides is 1. The Kier molecular flexibility index (Phi) is 4.01. The van der Waals surface area contributed by atoms with Gasteiger partial charge in [0, 0.05) is 36.5 Å². The van der Waals surface area contributed by atoms with Crippen molar-refractivity contribution in [3.63, 3.8) is 0 Å². The number of anilines is 1. The second-order valence-corrected chi connectivity index (χ2v) is 8.29. The number of benzene rings is 3. The predicted molar refractivity (Wildman–Crippen MR) is 101 cm³/mol. The molecular weight excluding hydrogens is 348 g/mol. The first-order valence-electron chi connectivity index (χ1n) is 8.33. The van der Waals surface area contributed by atoms with Crippen LogP contribution in [0.1, 0.15) is 18.1 Å². The van der Waals surface area contributed by atoms with Crippen molar-refractivity contribution >= 4 is 32.4 Å². The summed E-state index contributed by atoms with van der Waals surface area (Å²) in [6.07, 6.45) is 0. The molecule has 0 unspecified atom stereocenters. The van der Waals surface area contributed by atoms with Gasteiger partial charge in [-0.1, -0.05) is 48.5 Å². The third kappa shape index (κ3) is 2.77. The number of nitrogens with zero attached hydrogens (tertiary/aromatic N) is 1. The van der Waals surface area contributed by atoms with Crippen LogP contribution in [0, 0.1) is 0 Å². The number of hydrogen-bond acceptors (Lipinski definition) is 3. The van der Waals surface area contributed by atoms with Crippen LogP contribution in [-0.4, -0.2) is 18.6 Å². The molecule has 5 nitrogen and oxygen atoms in total. The number of fused-ring (bicyclic) bond motifs is 2. The zero-order chi connectivity index (χ0) is 18.3. The van der Waals surface area contributed by atoms with Crippen molar-refractivity contribution in [2.24, 2.45) is 0 Å². The average Bonchev–Trinajstić information content (AvgIpc) is 3.06. The molecule has 1 aliphatic rings. The molecule has 0 aliphatic carbocycles. The maximum atomic E-state index is 13.3. The number of rotatable bonds is 3. The van der Waals surface area contributed by atoms with Crippen LogP contribution in [0.5, 0.6) is 0 Å². The Morgan fingerprint density at radius 2 is 1.50 bits per heavy atom. The maximum absolute atomic E-state index is 13.3. The molecule has 0 saturated heterocycles. The first-order valence-corrected chi connectivity index (χ1v) is 9.77. The molecule has 0 radical (unpaired) electrons. The summed E-state index contributed by atoms with van der Waals surface area (Å²) >= 11 is 0. The van der Waals surface area contributed by atoms with Gasteiger partial charge in [0.15, 0.2) is 0 Å². The smallest absolute Gasteiger partial charge is 0.244 e. The Hall–Kier alpha value is -2.70. The third-order valence-electron chi connectivity index (χ3n) is 4.62. The summed E-state index contributed by atoms with van der Waals surface area (Å²) in [5.41, 5.74) is 2.68. The molecule has 0 aromatic heterocycles. The maximum Gasteiger partial charge on any atom is 0.244 e. The van der Waals surface area contributed by atoms with Crippen LogP contribution in [0.25, 0.3) is 10.8 Å². The molecule has 1 aliphatic heterocycles. The highest BCUT2D eigenvalue weighted by atomic mass is 32.2. The van der Waals surface area contributed by atoms with Gasteiger partial charge in [-0.25, -0.2) is 8.42 Å². The lowest BCUT2D eigenvalue weighted by Crippen LogP contribution is -2.25. The molecule has 1 heterocycles. The summed E-state index contributed by atoms with van der Waals surface area (Å²) in [6, 6.07) is 18.2. The van der Waals surface area contributed by atoms with Gasteiger partial charge in [-0.3, -0.25) is 4.79 Å². The summed E-state index contributed by atoms with van der Waals surface area (Å²) in [5, 5.41) is 4.08. The highest BCUT2D eigenvalue weighted by molar-refractivity contribution is 7.89. The molecule has 6 heteroatoms. The zero-order valence-corrected chi connectivity index (χ0v) is 15.1. The molecule has 0 saturated carbocycles. The van der Waals surface area contributed by atoms with Crippen LogP contribution in [0.15, 0.2) is 65.6 Å². The lowest BCUT2D eigenvalue weighted by atomic mass is 10.1. The molecule has 0 fully saturated rings. The molecule has 0 spiro atoms. The van der Waals surface area contributed by atoms with Crippen LogP contribution >= 0.6 is 0 Å². The van der Waals surface area contributed by atoms with Gasteiger partial charge in [0.05, 0.1) is 4.90 Å². The minimum Gasteiger partial charge on any atom is -0.326 e. The van der Waals surface area contributed by atoms with Gasteiger partial charge in [-0.05, 0) is 23.3 Å². The molecule has 3 aromatic carbocycles. The number of nitrogens with one attached hydrogen (secondary N) is 1. The van der Waals surface area contributed by atoms with Gasteiger partial charge in [-0.15, -0.1) is 0 Å². The molecule has 3 aromatic rings. The Bertz CT molecular complexity index is 1100. The second kappa shape index (κ2) is 6.23. The van der Waals surface area contributed by atoms with Crippen molar-refractivity contribution < 1.29 is 13.2 Å². The first-order chi connectivity index (χ1) is 12.5. The van der Waals surface area contributed by atoms with Crippen molar-refractivity contribution in [2.75, 3.05) is 5.32 Å². The van der Waals surface area contributed by atoms with Crippen LogP contribution in [0.4, 0.5) is 5.69 Å². The summed E-state index contributed by atoms with van der Waals surface area (Å²) in [7, 11) is -3.66. The van der Waals surface area contributed by atoms with Gasteiger partial charge >= 0.3 is 0 Å². The predicted octanol–water partition coefficient (Wildman–Crippen LogP) is 3.50. The summed E-state index contributed by atoms with van der Waals surface area (Å²) in [4.78, 5) is 11.7. The molecule has 0 atom stereocenters. The fourth-order valence-corrected chi connectivity index (χ4v) is 5.02. The molecule has 1 amide bonds. The monoisotopic (exact) mass is 366 g/mol. The van der Waals surface area contributed by atoms with E-state index in [0.29, 0.717) is 29.5 Å². The molecule has 132 valence electrons. The molecular formula is C20H18N2O3S. The van der Waals surface area contributed by atoms with Crippen molar-refractivity contribution in [3.05, 3.63) is 71.8 Å². The standard InChI is InChI=1S/C20H18N2O3S/c1-14(23)21-19-10-4-9-18-17(19)8-5-11-20(18)26(24,25)22-12-15-6-2-3-7-16(15)13-22/h2-11H,12-13H2,1H3,(H,21,23). The van der Waals surface area contributed by atoms with E-state index in [1.807, 2.05) is 30.3 Å². The Balaban J connectivity index is 1.81. The number of hydrogen-bond donors (Lipinski definition) is 1. The van der Waals surface area contributed by atoms with E-state index in [4.69, 9.17) is 0 Å². The fraction of sp³-hybridized carbons (Fsp3) is 0.150. The highest BCUT2D eigenvalue weighted by Gasteiger charge is 2.31. The third-order valence-corrected chi connectivity index (χ3v) is 6.47. The van der Waals surface area contributed by atoms with Crippen LogP contribution in [0.3, 0.4) is 0 Å². The van der Waals surface area contributed by atoms with E-state index < -0.39 is 10.0 Å². The summed E-state index contributed by atoms with van der Waals surface area (Å²) in [5.74, 6) is -0.194. The Morgan fingerprint density at radius 3 is 2.15 bits per heavy atom. The lowest BCUT2D eigenvalue weighted by molar-refractivity contribution is -0.114. The average molecular weight is 366 g/mol. The van der Waals surface area contributed by atoms with Gasteiger partial charge in [0.25, 0.3) is 0 Å². The largest absolute Gasteiger partial charge is 0.326 e. The minimum atomic E-state index is -3.66. The van der Waals surface area contributed by atoms with Crippen molar-refractivity contribution in [1.29, 1.82) is 0 Å². The van der Waals surface area contributed by atoms with Gasteiger partial charge in [-0.2, -0.15) is 4.31 Å². The van der Waals surface area contributed by atoms with E-state index in [9.17, 15) is 13.2 Å². The van der Waals surface area contributed by atoms with E-state index >= 15 is 0 Å². The second-order valence-electron chi connectivity index (χ2n) is 6.38. The van der Waals surface area contributed by atoms with E-state index in [0.717, 1.165) is 11.1 Å². The van der Waals surface area contributed by atoms with Crippen molar-refractivity contribution in [3.8, 4) is 0 Å². The zero-order valence-electron chi connectivity index (χ0n) is 14.3. The first kappa shape index (κ1) is 16.8. The summed E-state index contributed by atoms with van der Waals surface area (Å²) in [6.45, 7) is 2.18. The summed E-state index contributed by atoms with van der Waals surface area (Å²) < 4.78 is 28.1. The number of carbonyl (C=O) groups excluding carboxylic acids is 1. The van der Waals surface area contributed by atoms with Gasteiger partial charge in [0.1, 0.15) is 0 Å². The molecule has 1 N–H and O–H groups in total. The van der Waals surface area contributed by atoms with Gasteiger partial charge in [0.2, 0.25) is 15.9 Å². The van der Waals surface area contributed by atoms with E-state index in [1.165, 1.54) is 11.2 Å². The van der Waals surface area contributed by atoms with E-state index in [-0.39, 0.29) is 10.8 Å². The Morgan fingerprint density at radius 1 is 0.885 bits per heavy atom. The topological polar surface area (TPSA) is 66.5 Å². The highest BCUT2D eigenvalue weighted by Crippen LogP contribution is 2.34. The SMILES string of the molecule is CC(=O)Nc1cccc2c(S(=O)(=O)N3Cc4ccccc4C3)cccc12. The van der Waals surface area contributed by atoms with Crippen LogP contribution < -0.4 is 5.32 Å². The molecule has 26 heavy (non-hydrogen) atoms. The number of carbonyl (C=O) groups is 1. The van der Waals surface area contributed by atoms with Crippen LogP contribution in [-0.2, 0) is 27.9 Å². The quantitative estimate of drug-likeness (QED) is 0.771. The number of sulfonamides is 1. The molecule has 0 bridgehead atoms. The lowest BCUT2D eigenvalue weighted by Gasteiger charge is -2.18. The fourth-order valence-electron chi connectivity index (χ4n) is 3.42. The van der Waals surface area contributed by atoms with Crippen molar-refractivity contribution in [1.82, 2.24) is 4.31 Å². The van der Waals surface area contributed by atoms with Gasteiger partial charge < -0.3 is 5.32 Å². The molecule has 4 rings (SSSR count). The van der Waals surface area contributed by atoms with E-state index in [1.54, 1.807) is 30.3 Å².